The van der Waals surface area contributed by atoms with E-state index in [1.54, 1.807) is 24.3 Å². The predicted molar refractivity (Wildman–Crippen MR) is 76.2 cm³/mol. The number of nitrogens with zero attached hydrogens (tertiary/aromatic N) is 2. The summed E-state index contributed by atoms with van der Waals surface area (Å²) in [6.45, 7) is 5.93. The summed E-state index contributed by atoms with van der Waals surface area (Å²) in [5, 5.41) is 11.6. The number of carbonyl (C=O) groups excluding carboxylic acids is 1. The Kier molecular flexibility index (Phi) is 4.72. The van der Waals surface area contributed by atoms with Gasteiger partial charge in [0.15, 0.2) is 0 Å². The van der Waals surface area contributed by atoms with Gasteiger partial charge in [0.2, 0.25) is 5.91 Å². The number of hydrogen-bond donors (Lipinski definition) is 1. The van der Waals surface area contributed by atoms with Crippen LogP contribution in [0.2, 0.25) is 0 Å². The van der Waals surface area contributed by atoms with Crippen molar-refractivity contribution in [3.8, 4) is 6.07 Å². The molecule has 0 unspecified atom stereocenters. The second-order valence-corrected chi connectivity index (χ2v) is 5.19. The topological polar surface area (TPSA) is 65.4 Å². The molecule has 5 nitrogen and oxygen atoms in total. The molecule has 5 heteroatoms. The highest BCUT2D eigenvalue weighted by molar-refractivity contribution is 5.92. The van der Waals surface area contributed by atoms with Crippen molar-refractivity contribution in [1.82, 2.24) is 4.90 Å². The van der Waals surface area contributed by atoms with Crippen molar-refractivity contribution >= 4 is 11.6 Å². The third-order valence-electron chi connectivity index (χ3n) is 3.16. The van der Waals surface area contributed by atoms with E-state index in [0.717, 1.165) is 13.1 Å². The van der Waals surface area contributed by atoms with Crippen LogP contribution in [0.3, 0.4) is 0 Å². The van der Waals surface area contributed by atoms with Gasteiger partial charge in [-0.2, -0.15) is 5.26 Å². The van der Waals surface area contributed by atoms with E-state index in [0.29, 0.717) is 17.8 Å². The Labute approximate surface area is 119 Å². The zero-order valence-corrected chi connectivity index (χ0v) is 11.8. The summed E-state index contributed by atoms with van der Waals surface area (Å²) in [7, 11) is 0. The zero-order valence-electron chi connectivity index (χ0n) is 11.8. The van der Waals surface area contributed by atoms with Crippen molar-refractivity contribution < 1.29 is 9.53 Å². The summed E-state index contributed by atoms with van der Waals surface area (Å²) < 4.78 is 5.64. The molecule has 1 aliphatic rings. The molecular weight excluding hydrogens is 254 g/mol. The normalized spacial score (nSPS) is 23.1. The van der Waals surface area contributed by atoms with Crippen LogP contribution in [0.25, 0.3) is 0 Å². The number of amides is 1. The van der Waals surface area contributed by atoms with E-state index >= 15 is 0 Å². The quantitative estimate of drug-likeness (QED) is 0.908. The summed E-state index contributed by atoms with van der Waals surface area (Å²) in [4.78, 5) is 14.1. The van der Waals surface area contributed by atoms with Gasteiger partial charge >= 0.3 is 0 Å². The number of anilines is 1. The van der Waals surface area contributed by atoms with Gasteiger partial charge in [0.05, 0.1) is 30.4 Å². The van der Waals surface area contributed by atoms with Crippen LogP contribution >= 0.6 is 0 Å². The molecule has 1 saturated heterocycles. The van der Waals surface area contributed by atoms with Gasteiger partial charge in [0.1, 0.15) is 0 Å². The molecule has 0 aromatic heterocycles. The molecule has 106 valence electrons. The number of nitriles is 1. The number of ether oxygens (including phenoxy) is 1. The van der Waals surface area contributed by atoms with Crippen molar-refractivity contribution in [1.29, 1.82) is 5.26 Å². The minimum absolute atomic E-state index is 0.0454. The molecule has 1 aromatic carbocycles. The van der Waals surface area contributed by atoms with E-state index in [1.807, 2.05) is 19.9 Å². The Morgan fingerprint density at radius 1 is 1.35 bits per heavy atom. The van der Waals surface area contributed by atoms with Gasteiger partial charge in [-0.15, -0.1) is 0 Å². The second-order valence-electron chi connectivity index (χ2n) is 5.19. The summed E-state index contributed by atoms with van der Waals surface area (Å²) in [5.41, 5.74) is 1.29. The van der Waals surface area contributed by atoms with Gasteiger partial charge in [-0.3, -0.25) is 9.69 Å². The fraction of sp³-hybridized carbons (Fsp3) is 0.467. The first kappa shape index (κ1) is 14.5. The van der Waals surface area contributed by atoms with Crippen LogP contribution in [-0.4, -0.2) is 42.6 Å². The summed E-state index contributed by atoms with van der Waals surface area (Å²) in [6.07, 6.45) is 0.308. The van der Waals surface area contributed by atoms with Crippen LogP contribution in [0, 0.1) is 11.3 Å². The number of rotatable bonds is 3. The maximum atomic E-state index is 12.0. The molecule has 1 aromatic rings. The van der Waals surface area contributed by atoms with Gasteiger partial charge in [0.25, 0.3) is 0 Å². The van der Waals surface area contributed by atoms with E-state index in [4.69, 9.17) is 10.00 Å². The Balaban J connectivity index is 1.87. The Morgan fingerprint density at radius 3 is 2.50 bits per heavy atom. The van der Waals surface area contributed by atoms with Gasteiger partial charge in [-0.25, -0.2) is 0 Å². The SMILES string of the molecule is C[C@H]1CN(CC(=O)Nc2ccc(C#N)cc2)C[C@H](C)O1. The monoisotopic (exact) mass is 273 g/mol. The number of hydrogen-bond acceptors (Lipinski definition) is 4. The first-order chi connectivity index (χ1) is 9.56. The molecule has 20 heavy (non-hydrogen) atoms. The molecule has 1 fully saturated rings. The minimum atomic E-state index is -0.0454. The highest BCUT2D eigenvalue weighted by Crippen LogP contribution is 2.12. The third-order valence-corrected chi connectivity index (χ3v) is 3.16. The van der Waals surface area contributed by atoms with Crippen molar-refractivity contribution in [2.75, 3.05) is 25.0 Å². The molecule has 0 bridgehead atoms. The molecule has 1 amide bonds. The first-order valence-electron chi connectivity index (χ1n) is 6.74. The smallest absolute Gasteiger partial charge is 0.238 e. The van der Waals surface area contributed by atoms with E-state index < -0.39 is 0 Å². The highest BCUT2D eigenvalue weighted by Gasteiger charge is 2.23. The average molecular weight is 273 g/mol. The molecule has 1 N–H and O–H groups in total. The van der Waals surface area contributed by atoms with E-state index in [9.17, 15) is 4.79 Å². The number of carbonyl (C=O) groups is 1. The molecule has 2 atom stereocenters. The number of nitrogens with one attached hydrogen (secondary N) is 1. The lowest BCUT2D eigenvalue weighted by molar-refractivity contribution is -0.121. The lowest BCUT2D eigenvalue weighted by Gasteiger charge is -2.34. The van der Waals surface area contributed by atoms with E-state index in [2.05, 4.69) is 10.2 Å². The van der Waals surface area contributed by atoms with Crippen molar-refractivity contribution in [3.63, 3.8) is 0 Å². The van der Waals surface area contributed by atoms with E-state index in [-0.39, 0.29) is 18.1 Å². The third kappa shape index (κ3) is 4.05. The van der Waals surface area contributed by atoms with Gasteiger partial charge < -0.3 is 10.1 Å². The largest absolute Gasteiger partial charge is 0.373 e. The van der Waals surface area contributed by atoms with Crippen LogP contribution in [0.4, 0.5) is 5.69 Å². The van der Waals surface area contributed by atoms with Gasteiger partial charge in [-0.1, -0.05) is 0 Å². The second kappa shape index (κ2) is 6.51. The van der Waals surface area contributed by atoms with Crippen molar-refractivity contribution in [3.05, 3.63) is 29.8 Å². The maximum Gasteiger partial charge on any atom is 0.238 e. The van der Waals surface area contributed by atoms with Crippen molar-refractivity contribution in [2.45, 2.75) is 26.1 Å². The van der Waals surface area contributed by atoms with E-state index in [1.165, 1.54) is 0 Å². The summed E-state index contributed by atoms with van der Waals surface area (Å²) in [5.74, 6) is -0.0454. The van der Waals surface area contributed by atoms with Crippen LogP contribution in [-0.2, 0) is 9.53 Å². The molecule has 2 rings (SSSR count). The molecular formula is C15H19N3O2. The highest BCUT2D eigenvalue weighted by atomic mass is 16.5. The molecule has 0 saturated carbocycles. The average Bonchev–Trinajstić information content (AvgIpc) is 2.38. The molecule has 0 aliphatic carbocycles. The lowest BCUT2D eigenvalue weighted by atomic mass is 10.2. The number of benzene rings is 1. The Bertz CT molecular complexity index is 497. The molecule has 0 radical (unpaired) electrons. The Morgan fingerprint density at radius 2 is 1.95 bits per heavy atom. The van der Waals surface area contributed by atoms with Crippen LogP contribution in [0.5, 0.6) is 0 Å². The standard InChI is InChI=1S/C15H19N3O2/c1-11-8-18(9-12(2)20-11)10-15(19)17-14-5-3-13(7-16)4-6-14/h3-6,11-12H,8-10H2,1-2H3,(H,17,19)/t11-,12-/m0/s1. The summed E-state index contributed by atoms with van der Waals surface area (Å²) in [6, 6.07) is 8.90. The zero-order chi connectivity index (χ0) is 14.5. The lowest BCUT2D eigenvalue weighted by Crippen LogP contribution is -2.48. The first-order valence-corrected chi connectivity index (χ1v) is 6.74. The van der Waals surface area contributed by atoms with Crippen LogP contribution < -0.4 is 5.32 Å². The summed E-state index contributed by atoms with van der Waals surface area (Å²) >= 11 is 0. The fourth-order valence-electron chi connectivity index (χ4n) is 2.45. The fourth-order valence-corrected chi connectivity index (χ4v) is 2.45. The predicted octanol–water partition coefficient (Wildman–Crippen LogP) is 1.61. The molecule has 1 heterocycles. The van der Waals surface area contributed by atoms with Gasteiger partial charge in [-0.05, 0) is 38.1 Å². The van der Waals surface area contributed by atoms with Gasteiger partial charge in [0, 0.05) is 18.8 Å². The van der Waals surface area contributed by atoms with Crippen molar-refractivity contribution in [2.24, 2.45) is 0 Å². The number of morpholine rings is 1. The Hall–Kier alpha value is -1.90. The van der Waals surface area contributed by atoms with Crippen LogP contribution in [0.15, 0.2) is 24.3 Å². The molecule has 1 aliphatic heterocycles. The minimum Gasteiger partial charge on any atom is -0.373 e. The van der Waals surface area contributed by atoms with Crippen LogP contribution in [0.1, 0.15) is 19.4 Å². The maximum absolute atomic E-state index is 12.0. The molecule has 0 spiro atoms.